The van der Waals surface area contributed by atoms with E-state index in [-0.39, 0.29) is 29.0 Å². The Morgan fingerprint density at radius 2 is 1.74 bits per heavy atom. The van der Waals surface area contributed by atoms with Gasteiger partial charge < -0.3 is 39.7 Å². The lowest BCUT2D eigenvalue weighted by atomic mass is 9.84. The van der Waals surface area contributed by atoms with Crippen molar-refractivity contribution < 1.29 is 44.5 Å². The van der Waals surface area contributed by atoms with Gasteiger partial charge in [-0.05, 0) is 17.7 Å². The van der Waals surface area contributed by atoms with Gasteiger partial charge in [-0.3, -0.25) is 9.80 Å². The normalized spacial score (nSPS) is 27.9. The highest BCUT2D eigenvalue weighted by molar-refractivity contribution is 6.30. The van der Waals surface area contributed by atoms with Crippen LogP contribution in [0.4, 0.5) is 0 Å². The lowest BCUT2D eigenvalue weighted by Crippen LogP contribution is -2.58. The van der Waals surface area contributed by atoms with Crippen molar-refractivity contribution in [2.45, 2.75) is 43.6 Å². The molecule has 12 heteroatoms. The van der Waals surface area contributed by atoms with E-state index in [1.807, 2.05) is 24.3 Å². The number of esters is 1. The minimum atomic E-state index is -1.56. The Morgan fingerprint density at radius 1 is 1.05 bits per heavy atom. The van der Waals surface area contributed by atoms with Crippen molar-refractivity contribution in [3.8, 4) is 17.2 Å². The fourth-order valence-electron chi connectivity index (χ4n) is 5.49. The van der Waals surface area contributed by atoms with Crippen molar-refractivity contribution >= 4 is 17.6 Å². The third-order valence-corrected chi connectivity index (χ3v) is 7.72. The molecule has 0 spiro atoms. The summed E-state index contributed by atoms with van der Waals surface area (Å²) in [4.78, 5) is 17.5. The van der Waals surface area contributed by atoms with Gasteiger partial charge in [-0.1, -0.05) is 23.7 Å². The fraction of sp³-hybridized carbons (Fsp3) is 0.500. The van der Waals surface area contributed by atoms with Crippen LogP contribution in [0.25, 0.3) is 0 Å². The second-order valence-electron chi connectivity index (χ2n) is 9.81. The quantitative estimate of drug-likeness (QED) is 0.324. The van der Waals surface area contributed by atoms with Gasteiger partial charge in [0.15, 0.2) is 17.6 Å². The van der Waals surface area contributed by atoms with E-state index in [9.17, 15) is 30.3 Å². The maximum atomic E-state index is 13.2. The van der Waals surface area contributed by atoms with Crippen LogP contribution in [0.3, 0.4) is 0 Å². The monoisotopic (exact) mass is 550 g/mol. The number of methoxy groups -OCH3 is 1. The Labute approximate surface area is 224 Å². The van der Waals surface area contributed by atoms with Gasteiger partial charge in [0, 0.05) is 55.4 Å². The molecule has 5 rings (SSSR count). The SMILES string of the molecule is COc1c(O)c(CN2CCN(Cc3cccc(Cl)c3)CC2)c2c(c1O)[C@H]1O[C@H](CO)[C@@H](O)[C@H](O)[C@H]1OC2=O. The van der Waals surface area contributed by atoms with Crippen LogP contribution in [0, 0.1) is 0 Å². The first-order valence-corrected chi connectivity index (χ1v) is 12.8. The second kappa shape index (κ2) is 10.9. The van der Waals surface area contributed by atoms with Gasteiger partial charge >= 0.3 is 5.97 Å². The molecule has 0 unspecified atom stereocenters. The number of hydrogen-bond donors (Lipinski definition) is 5. The van der Waals surface area contributed by atoms with Crippen LogP contribution < -0.4 is 4.74 Å². The molecule has 5 N–H and O–H groups in total. The predicted octanol–water partition coefficient (Wildman–Crippen LogP) is 0.771. The lowest BCUT2D eigenvalue weighted by molar-refractivity contribution is -0.235. The predicted molar refractivity (Wildman–Crippen MR) is 134 cm³/mol. The van der Waals surface area contributed by atoms with E-state index in [4.69, 9.17) is 25.8 Å². The number of piperazine rings is 1. The molecule has 0 aromatic heterocycles. The molecule has 5 atom stereocenters. The summed E-state index contributed by atoms with van der Waals surface area (Å²) >= 11 is 6.11. The van der Waals surface area contributed by atoms with Crippen molar-refractivity contribution in [3.05, 3.63) is 51.5 Å². The number of carbonyl (C=O) groups excluding carboxylic acids is 1. The van der Waals surface area contributed by atoms with Gasteiger partial charge in [-0.15, -0.1) is 0 Å². The van der Waals surface area contributed by atoms with Gasteiger partial charge in [0.1, 0.15) is 24.4 Å². The molecule has 0 radical (unpaired) electrons. The van der Waals surface area contributed by atoms with E-state index >= 15 is 0 Å². The number of nitrogens with zero attached hydrogens (tertiary/aromatic N) is 2. The Kier molecular flexibility index (Phi) is 7.70. The number of halogens is 1. The number of aromatic hydroxyl groups is 2. The highest BCUT2D eigenvalue weighted by Gasteiger charge is 2.53. The van der Waals surface area contributed by atoms with Crippen LogP contribution >= 0.6 is 11.6 Å². The van der Waals surface area contributed by atoms with Crippen molar-refractivity contribution in [1.29, 1.82) is 0 Å². The van der Waals surface area contributed by atoms with Gasteiger partial charge in [-0.25, -0.2) is 4.79 Å². The van der Waals surface area contributed by atoms with Crippen LogP contribution in [-0.4, -0.2) is 106 Å². The van der Waals surface area contributed by atoms with E-state index in [0.717, 1.165) is 25.2 Å². The van der Waals surface area contributed by atoms with Crippen LogP contribution in [-0.2, 0) is 22.6 Å². The number of carbonyl (C=O) groups is 1. The van der Waals surface area contributed by atoms with Crippen molar-refractivity contribution in [2.24, 2.45) is 0 Å². The maximum Gasteiger partial charge on any atom is 0.339 e. The molecule has 0 aliphatic carbocycles. The van der Waals surface area contributed by atoms with Gasteiger partial charge in [-0.2, -0.15) is 0 Å². The number of phenols is 2. The first kappa shape index (κ1) is 26.9. The zero-order chi connectivity index (χ0) is 27.1. The number of rotatable bonds is 6. The van der Waals surface area contributed by atoms with E-state index < -0.39 is 54.6 Å². The summed E-state index contributed by atoms with van der Waals surface area (Å²) in [6.45, 7) is 3.08. The zero-order valence-corrected chi connectivity index (χ0v) is 21.5. The molecule has 206 valence electrons. The summed E-state index contributed by atoms with van der Waals surface area (Å²) in [6.07, 6.45) is -6.75. The third-order valence-electron chi connectivity index (χ3n) is 7.49. The smallest absolute Gasteiger partial charge is 0.339 e. The fourth-order valence-corrected chi connectivity index (χ4v) is 5.70. The van der Waals surface area contributed by atoms with Crippen molar-refractivity contribution in [2.75, 3.05) is 39.9 Å². The number of aliphatic hydroxyl groups is 3. The number of ether oxygens (including phenoxy) is 3. The summed E-state index contributed by atoms with van der Waals surface area (Å²) in [6, 6.07) is 7.71. The van der Waals surface area contributed by atoms with Crippen LogP contribution in [0.2, 0.25) is 5.02 Å². The molecular weight excluding hydrogens is 520 g/mol. The molecule has 0 saturated carbocycles. The average Bonchev–Trinajstić information content (AvgIpc) is 2.90. The highest BCUT2D eigenvalue weighted by atomic mass is 35.5. The van der Waals surface area contributed by atoms with Crippen LogP contribution in [0.15, 0.2) is 24.3 Å². The van der Waals surface area contributed by atoms with E-state index in [0.29, 0.717) is 18.1 Å². The summed E-state index contributed by atoms with van der Waals surface area (Å²) in [5, 5.41) is 53.2. The number of phenolic OH excluding ortho intramolecular Hbond substituents is 2. The zero-order valence-electron chi connectivity index (χ0n) is 20.8. The largest absolute Gasteiger partial charge is 0.504 e. The highest BCUT2D eigenvalue weighted by Crippen LogP contribution is 2.52. The van der Waals surface area contributed by atoms with Crippen LogP contribution in [0.5, 0.6) is 17.2 Å². The second-order valence-corrected chi connectivity index (χ2v) is 10.2. The maximum absolute atomic E-state index is 13.2. The van der Waals surface area contributed by atoms with Crippen molar-refractivity contribution in [3.63, 3.8) is 0 Å². The number of benzene rings is 2. The first-order valence-electron chi connectivity index (χ1n) is 12.4. The summed E-state index contributed by atoms with van der Waals surface area (Å²) in [5.74, 6) is -2.03. The molecule has 0 amide bonds. The molecule has 2 aromatic carbocycles. The van der Waals surface area contributed by atoms with Gasteiger partial charge in [0.05, 0.1) is 19.3 Å². The Bertz CT molecular complexity index is 1200. The molecule has 0 bridgehead atoms. The van der Waals surface area contributed by atoms with Gasteiger partial charge in [0.2, 0.25) is 5.75 Å². The Hall–Kier alpha value is -2.64. The van der Waals surface area contributed by atoms with E-state index in [1.54, 1.807) is 0 Å². The summed E-state index contributed by atoms with van der Waals surface area (Å²) in [7, 11) is 1.27. The third kappa shape index (κ3) is 4.79. The standard InChI is InChI=1S/C26H31ClN2O9/c1-36-24-19(31)15(11-29-7-5-28(6-8-29)10-13-3-2-4-14(27)9-13)17-18(21(24)33)23-25(38-26(17)35)22(34)20(32)16(12-30)37-23/h2-4,9,16,20,22-23,25,30-34H,5-8,10-12H2,1H3/t16-,20-,22+,23-,25-/m1/s1. The molecule has 11 nitrogen and oxygen atoms in total. The summed E-state index contributed by atoms with van der Waals surface area (Å²) < 4.78 is 16.5. The average molecular weight is 551 g/mol. The molecule has 2 saturated heterocycles. The van der Waals surface area contributed by atoms with Gasteiger partial charge in [0.25, 0.3) is 0 Å². The van der Waals surface area contributed by atoms with Crippen molar-refractivity contribution in [1.82, 2.24) is 9.80 Å². The number of aliphatic hydroxyl groups excluding tert-OH is 3. The molecule has 2 aromatic rings. The first-order chi connectivity index (χ1) is 18.2. The molecule has 38 heavy (non-hydrogen) atoms. The van der Waals surface area contributed by atoms with E-state index in [2.05, 4.69) is 9.80 Å². The molecule has 3 heterocycles. The Balaban J connectivity index is 1.42. The van der Waals surface area contributed by atoms with Crippen LogP contribution in [0.1, 0.15) is 33.2 Å². The minimum Gasteiger partial charge on any atom is -0.504 e. The molecule has 2 fully saturated rings. The minimum absolute atomic E-state index is 0.0140. The number of fused-ring (bicyclic) bond motifs is 3. The Morgan fingerprint density at radius 3 is 2.37 bits per heavy atom. The topological polar surface area (TPSA) is 152 Å². The summed E-state index contributed by atoms with van der Waals surface area (Å²) in [5.41, 5.74) is 1.22. The molecule has 3 aliphatic rings. The molecular formula is C26H31ClN2O9. The molecule has 3 aliphatic heterocycles. The number of hydrogen-bond acceptors (Lipinski definition) is 11. The van der Waals surface area contributed by atoms with E-state index in [1.165, 1.54) is 7.11 Å². The lowest BCUT2D eigenvalue weighted by Gasteiger charge is -2.45.